The highest BCUT2D eigenvalue weighted by Gasteiger charge is 2.41. The van der Waals surface area contributed by atoms with Crippen LogP contribution in [0.3, 0.4) is 0 Å². The molecule has 1 saturated carbocycles. The van der Waals surface area contributed by atoms with Crippen molar-refractivity contribution >= 4 is 52.9 Å². The summed E-state index contributed by atoms with van der Waals surface area (Å²) >= 11 is 13.7. The van der Waals surface area contributed by atoms with E-state index in [2.05, 4.69) is 5.32 Å². The Balaban J connectivity index is 1.43. The highest BCUT2D eigenvalue weighted by molar-refractivity contribution is 8.04. The Labute approximate surface area is 203 Å². The number of hydrogen-bond donors (Lipinski definition) is 1. The lowest BCUT2D eigenvalue weighted by Crippen LogP contribution is -2.54. The molecule has 168 valence electrons. The van der Waals surface area contributed by atoms with Gasteiger partial charge in [-0.15, -0.1) is 11.8 Å². The van der Waals surface area contributed by atoms with Crippen molar-refractivity contribution in [1.82, 2.24) is 10.2 Å². The summed E-state index contributed by atoms with van der Waals surface area (Å²) in [5.74, 6) is -0.184. The van der Waals surface area contributed by atoms with Gasteiger partial charge in [-0.1, -0.05) is 60.3 Å². The van der Waals surface area contributed by atoms with E-state index in [-0.39, 0.29) is 24.4 Å². The summed E-state index contributed by atoms with van der Waals surface area (Å²) in [6.45, 7) is 0.616. The number of halogens is 2. The highest BCUT2D eigenvalue weighted by atomic mass is 35.5. The molecule has 1 N–H and O–H groups in total. The minimum atomic E-state index is -0.120. The highest BCUT2D eigenvalue weighted by Crippen LogP contribution is 2.42. The predicted molar refractivity (Wildman–Crippen MR) is 133 cm³/mol. The van der Waals surface area contributed by atoms with Gasteiger partial charge >= 0.3 is 0 Å². The third kappa shape index (κ3) is 5.89. The summed E-state index contributed by atoms with van der Waals surface area (Å²) in [6, 6.07) is 15.2. The van der Waals surface area contributed by atoms with Crippen molar-refractivity contribution in [2.45, 2.75) is 43.4 Å². The van der Waals surface area contributed by atoms with Crippen molar-refractivity contribution in [2.24, 2.45) is 0 Å². The molecule has 0 spiro atoms. The fraction of sp³-hybridized carbons (Fsp3) is 0.360. The monoisotopic (exact) mass is 488 g/mol. The zero-order valence-corrected chi connectivity index (χ0v) is 20.1. The summed E-state index contributed by atoms with van der Waals surface area (Å²) in [7, 11) is 0. The molecule has 2 atom stereocenters. The third-order valence-electron chi connectivity index (χ3n) is 5.93. The molecule has 0 aromatic heterocycles. The largest absolute Gasteiger partial charge is 0.354 e. The molecule has 4 rings (SSSR count). The molecule has 2 aromatic carbocycles. The first-order chi connectivity index (χ1) is 15.5. The number of carbonyl (C=O) groups is 2. The first-order valence-electron chi connectivity index (χ1n) is 11.0. The van der Waals surface area contributed by atoms with Gasteiger partial charge in [0.1, 0.15) is 6.54 Å². The maximum Gasteiger partial charge on any atom is 0.261 e. The Kier molecular flexibility index (Phi) is 7.82. The minimum absolute atomic E-state index is 0.0639. The molecule has 1 heterocycles. The number of nitrogens with zero attached hydrogens (tertiary/aromatic N) is 1. The smallest absolute Gasteiger partial charge is 0.261 e. The number of amides is 2. The summed E-state index contributed by atoms with van der Waals surface area (Å²) in [5, 5.41) is 4.64. The van der Waals surface area contributed by atoms with Crippen LogP contribution in [0.1, 0.15) is 36.8 Å². The van der Waals surface area contributed by atoms with Crippen LogP contribution < -0.4 is 5.32 Å². The summed E-state index contributed by atoms with van der Waals surface area (Å²) in [5.41, 5.74) is 2.01. The van der Waals surface area contributed by atoms with Gasteiger partial charge < -0.3 is 10.2 Å². The molecule has 7 heteroatoms. The van der Waals surface area contributed by atoms with E-state index in [4.69, 9.17) is 23.2 Å². The number of carbonyl (C=O) groups excluding carboxylic acids is 2. The SMILES string of the molecule is O=C(CN1C(=O)/C(=C\c2cccc(Cl)c2)SC2CCCCC21)NCCc1ccc(Cl)cc1. The molecular weight excluding hydrogens is 463 g/mol. The van der Waals surface area contributed by atoms with Gasteiger partial charge in [-0.25, -0.2) is 0 Å². The maximum atomic E-state index is 13.3. The van der Waals surface area contributed by atoms with Crippen LogP contribution in [0.25, 0.3) is 6.08 Å². The molecule has 2 aromatic rings. The summed E-state index contributed by atoms with van der Waals surface area (Å²) in [4.78, 5) is 28.5. The Morgan fingerprint density at radius 1 is 1.09 bits per heavy atom. The van der Waals surface area contributed by atoms with Crippen LogP contribution in [0.5, 0.6) is 0 Å². The van der Waals surface area contributed by atoms with E-state index in [0.717, 1.165) is 43.2 Å². The Hall–Kier alpha value is -1.95. The van der Waals surface area contributed by atoms with Crippen LogP contribution in [0.4, 0.5) is 0 Å². The molecule has 32 heavy (non-hydrogen) atoms. The second-order valence-electron chi connectivity index (χ2n) is 8.23. The van der Waals surface area contributed by atoms with E-state index < -0.39 is 0 Å². The molecule has 2 amide bonds. The minimum Gasteiger partial charge on any atom is -0.354 e. The molecular formula is C25H26Cl2N2O2S. The van der Waals surface area contributed by atoms with Gasteiger partial charge in [-0.3, -0.25) is 9.59 Å². The Morgan fingerprint density at radius 3 is 2.66 bits per heavy atom. The van der Waals surface area contributed by atoms with Crippen LogP contribution in [-0.2, 0) is 16.0 Å². The molecule has 0 bridgehead atoms. The average molecular weight is 489 g/mol. The van der Waals surface area contributed by atoms with Gasteiger partial charge in [0.25, 0.3) is 5.91 Å². The normalized spacial score (nSPS) is 22.0. The standard InChI is InChI=1S/C25H26Cl2N2O2S/c26-19-10-8-17(9-11-19)12-13-28-24(30)16-29-21-6-1-2-7-22(21)32-23(25(29)31)15-18-4-3-5-20(27)14-18/h3-5,8-11,14-15,21-22H,1-2,6-7,12-13,16H2,(H,28,30)/b23-15+. The van der Waals surface area contributed by atoms with Crippen molar-refractivity contribution in [3.8, 4) is 0 Å². The van der Waals surface area contributed by atoms with E-state index in [0.29, 0.717) is 26.7 Å². The van der Waals surface area contributed by atoms with E-state index in [1.807, 2.05) is 54.6 Å². The number of thioether (sulfide) groups is 1. The molecule has 2 unspecified atom stereocenters. The Morgan fingerprint density at radius 2 is 1.88 bits per heavy atom. The number of hydrogen-bond acceptors (Lipinski definition) is 3. The van der Waals surface area contributed by atoms with Crippen molar-refractivity contribution in [1.29, 1.82) is 0 Å². The number of nitrogens with one attached hydrogen (secondary N) is 1. The maximum absolute atomic E-state index is 13.3. The average Bonchev–Trinajstić information content (AvgIpc) is 2.78. The molecule has 0 radical (unpaired) electrons. The zero-order chi connectivity index (χ0) is 22.5. The number of benzene rings is 2. The molecule has 1 aliphatic carbocycles. The molecule has 4 nitrogen and oxygen atoms in total. The lowest BCUT2D eigenvalue weighted by Gasteiger charge is -2.43. The van der Waals surface area contributed by atoms with Gasteiger partial charge in [0.05, 0.1) is 4.91 Å². The lowest BCUT2D eigenvalue weighted by molar-refractivity contribution is -0.135. The molecule has 1 aliphatic heterocycles. The molecule has 1 saturated heterocycles. The van der Waals surface area contributed by atoms with Crippen LogP contribution >= 0.6 is 35.0 Å². The van der Waals surface area contributed by atoms with Crippen LogP contribution in [-0.4, -0.2) is 41.1 Å². The molecule has 2 aliphatic rings. The van der Waals surface area contributed by atoms with Crippen molar-refractivity contribution in [2.75, 3.05) is 13.1 Å². The van der Waals surface area contributed by atoms with E-state index in [1.54, 1.807) is 16.7 Å². The number of fused-ring (bicyclic) bond motifs is 1. The second kappa shape index (κ2) is 10.8. The Bertz CT molecular complexity index is 1010. The van der Waals surface area contributed by atoms with Crippen molar-refractivity contribution in [3.05, 3.63) is 74.6 Å². The fourth-order valence-electron chi connectivity index (χ4n) is 4.32. The van der Waals surface area contributed by atoms with Gasteiger partial charge in [-0.2, -0.15) is 0 Å². The van der Waals surface area contributed by atoms with E-state index in [1.165, 1.54) is 0 Å². The zero-order valence-electron chi connectivity index (χ0n) is 17.7. The fourth-order valence-corrected chi connectivity index (χ4v) is 6.12. The van der Waals surface area contributed by atoms with E-state index >= 15 is 0 Å². The van der Waals surface area contributed by atoms with Gasteiger partial charge in [-0.05, 0) is 60.7 Å². The quantitative estimate of drug-likeness (QED) is 0.539. The summed E-state index contributed by atoms with van der Waals surface area (Å²) < 4.78 is 0. The van der Waals surface area contributed by atoms with Crippen LogP contribution in [0, 0.1) is 0 Å². The second-order valence-corrected chi connectivity index (χ2v) is 10.4. The van der Waals surface area contributed by atoms with Gasteiger partial charge in [0.15, 0.2) is 0 Å². The van der Waals surface area contributed by atoms with Gasteiger partial charge in [0, 0.05) is 27.9 Å². The third-order valence-corrected chi connectivity index (χ3v) is 7.81. The van der Waals surface area contributed by atoms with Crippen LogP contribution in [0.2, 0.25) is 10.0 Å². The van der Waals surface area contributed by atoms with Crippen LogP contribution in [0.15, 0.2) is 53.4 Å². The topological polar surface area (TPSA) is 49.4 Å². The van der Waals surface area contributed by atoms with Crippen molar-refractivity contribution < 1.29 is 9.59 Å². The first-order valence-corrected chi connectivity index (χ1v) is 12.6. The predicted octanol–water partition coefficient (Wildman–Crippen LogP) is 5.58. The number of rotatable bonds is 6. The van der Waals surface area contributed by atoms with Crippen molar-refractivity contribution in [3.63, 3.8) is 0 Å². The summed E-state index contributed by atoms with van der Waals surface area (Å²) in [6.07, 6.45) is 6.88. The lowest BCUT2D eigenvalue weighted by atomic mass is 9.93. The van der Waals surface area contributed by atoms with Gasteiger partial charge in [0.2, 0.25) is 5.91 Å². The first kappa shape index (κ1) is 23.2. The molecule has 2 fully saturated rings. The van der Waals surface area contributed by atoms with E-state index in [9.17, 15) is 9.59 Å².